The van der Waals surface area contributed by atoms with E-state index in [2.05, 4.69) is 38.3 Å². The minimum absolute atomic E-state index is 0.102. The fraction of sp³-hybridized carbons (Fsp3) is 0.933. The maximum Gasteiger partial charge on any atom is 0.222 e. The van der Waals surface area contributed by atoms with Gasteiger partial charge in [-0.1, -0.05) is 27.7 Å². The van der Waals surface area contributed by atoms with E-state index >= 15 is 0 Å². The quantitative estimate of drug-likeness (QED) is 0.775. The highest BCUT2D eigenvalue weighted by atomic mass is 16.5. The highest BCUT2D eigenvalue weighted by molar-refractivity contribution is 5.75. The molecule has 1 unspecified atom stereocenters. The van der Waals surface area contributed by atoms with Gasteiger partial charge in [0.1, 0.15) is 0 Å². The summed E-state index contributed by atoms with van der Waals surface area (Å²) in [4.78, 5) is 11.7. The number of hydrogen-bond acceptors (Lipinski definition) is 3. The van der Waals surface area contributed by atoms with Crippen LogP contribution in [0, 0.1) is 11.3 Å². The maximum absolute atomic E-state index is 11.7. The molecule has 1 heterocycles. The first-order valence-electron chi connectivity index (χ1n) is 7.48. The van der Waals surface area contributed by atoms with Gasteiger partial charge < -0.3 is 15.4 Å². The number of hydrogen-bond donors (Lipinski definition) is 2. The Balaban J connectivity index is 2.07. The zero-order valence-corrected chi connectivity index (χ0v) is 12.9. The molecule has 1 amide bonds. The molecular weight excluding hydrogens is 240 g/mol. The lowest BCUT2D eigenvalue weighted by molar-refractivity contribution is -0.123. The molecule has 0 aliphatic carbocycles. The van der Waals surface area contributed by atoms with Crippen molar-refractivity contribution in [3.05, 3.63) is 0 Å². The van der Waals surface area contributed by atoms with E-state index < -0.39 is 0 Å². The number of nitrogens with one attached hydrogen (secondary N) is 2. The minimum atomic E-state index is 0.102. The third-order valence-electron chi connectivity index (χ3n) is 4.05. The molecule has 1 saturated heterocycles. The van der Waals surface area contributed by atoms with Gasteiger partial charge >= 0.3 is 0 Å². The Morgan fingerprint density at radius 1 is 1.37 bits per heavy atom. The molecule has 1 rings (SSSR count). The van der Waals surface area contributed by atoms with Crippen molar-refractivity contribution in [3.63, 3.8) is 0 Å². The van der Waals surface area contributed by atoms with Gasteiger partial charge in [0.05, 0.1) is 12.7 Å². The summed E-state index contributed by atoms with van der Waals surface area (Å²) in [6.45, 7) is 12.1. The van der Waals surface area contributed by atoms with Crippen molar-refractivity contribution >= 4 is 5.91 Å². The molecule has 19 heavy (non-hydrogen) atoms. The Morgan fingerprint density at radius 2 is 2.00 bits per heavy atom. The number of amides is 1. The molecule has 0 radical (unpaired) electrons. The van der Waals surface area contributed by atoms with E-state index in [4.69, 9.17) is 4.74 Å². The number of piperidine rings is 1. The molecule has 1 aliphatic heterocycles. The fourth-order valence-electron chi connectivity index (χ4n) is 1.94. The van der Waals surface area contributed by atoms with Crippen LogP contribution in [0.1, 0.15) is 47.0 Å². The largest absolute Gasteiger partial charge is 0.378 e. The van der Waals surface area contributed by atoms with Crippen LogP contribution in [0.3, 0.4) is 0 Å². The molecule has 2 N–H and O–H groups in total. The van der Waals surface area contributed by atoms with Crippen molar-refractivity contribution in [1.29, 1.82) is 0 Å². The van der Waals surface area contributed by atoms with Crippen LogP contribution in [0.2, 0.25) is 0 Å². The van der Waals surface area contributed by atoms with Crippen LogP contribution in [0.5, 0.6) is 0 Å². The van der Waals surface area contributed by atoms with Crippen LogP contribution >= 0.6 is 0 Å². The molecule has 0 aromatic heterocycles. The summed E-state index contributed by atoms with van der Waals surface area (Å²) >= 11 is 0. The molecule has 112 valence electrons. The molecule has 1 atom stereocenters. The van der Waals surface area contributed by atoms with Crippen LogP contribution in [-0.2, 0) is 9.53 Å². The zero-order chi connectivity index (χ0) is 14.3. The normalized spacial score (nSPS) is 19.2. The molecule has 1 aliphatic rings. The van der Waals surface area contributed by atoms with Crippen LogP contribution in [0.15, 0.2) is 0 Å². The Morgan fingerprint density at radius 3 is 2.58 bits per heavy atom. The minimum Gasteiger partial charge on any atom is -0.378 e. The van der Waals surface area contributed by atoms with Crippen LogP contribution in [-0.4, -0.2) is 38.3 Å². The SMILES string of the molecule is CC(CNC(=O)CCOC1CCNCC1)C(C)(C)C. The lowest BCUT2D eigenvalue weighted by Crippen LogP contribution is -2.35. The van der Waals surface area contributed by atoms with Crippen LogP contribution in [0.25, 0.3) is 0 Å². The predicted molar refractivity (Wildman–Crippen MR) is 78.1 cm³/mol. The molecule has 0 saturated carbocycles. The highest BCUT2D eigenvalue weighted by Gasteiger charge is 2.20. The lowest BCUT2D eigenvalue weighted by atomic mass is 9.82. The summed E-state index contributed by atoms with van der Waals surface area (Å²) < 4.78 is 5.73. The highest BCUT2D eigenvalue weighted by Crippen LogP contribution is 2.24. The number of carbonyl (C=O) groups excluding carboxylic acids is 1. The van der Waals surface area contributed by atoms with Gasteiger partial charge in [0.15, 0.2) is 0 Å². The van der Waals surface area contributed by atoms with Crippen molar-refractivity contribution in [3.8, 4) is 0 Å². The Labute approximate surface area is 117 Å². The first-order valence-corrected chi connectivity index (χ1v) is 7.48. The number of carbonyl (C=O) groups is 1. The second-order valence-electron chi connectivity index (χ2n) is 6.64. The molecule has 1 fully saturated rings. The first-order chi connectivity index (χ1) is 8.89. The van der Waals surface area contributed by atoms with Gasteiger partial charge in [-0.3, -0.25) is 4.79 Å². The standard InChI is InChI=1S/C15H30N2O2/c1-12(15(2,3)4)11-17-14(18)7-10-19-13-5-8-16-9-6-13/h12-13,16H,5-11H2,1-4H3,(H,17,18). The van der Waals surface area contributed by atoms with Crippen molar-refractivity contribution in [2.24, 2.45) is 11.3 Å². The summed E-state index contributed by atoms with van der Waals surface area (Å²) in [5, 5.41) is 6.30. The van der Waals surface area contributed by atoms with E-state index in [1.54, 1.807) is 0 Å². The van der Waals surface area contributed by atoms with E-state index in [1.807, 2.05) is 0 Å². The average molecular weight is 270 g/mol. The van der Waals surface area contributed by atoms with E-state index in [1.165, 1.54) is 0 Å². The van der Waals surface area contributed by atoms with Gasteiger partial charge in [-0.05, 0) is 37.3 Å². The van der Waals surface area contributed by atoms with Gasteiger partial charge in [0.25, 0.3) is 0 Å². The van der Waals surface area contributed by atoms with E-state index in [0.717, 1.165) is 32.5 Å². The molecule has 0 spiro atoms. The van der Waals surface area contributed by atoms with Gasteiger partial charge in [-0.25, -0.2) is 0 Å². The summed E-state index contributed by atoms with van der Waals surface area (Å²) in [5.41, 5.74) is 0.235. The predicted octanol–water partition coefficient (Wildman–Crippen LogP) is 1.94. The topological polar surface area (TPSA) is 50.4 Å². The first kappa shape index (κ1) is 16.4. The molecule has 0 bridgehead atoms. The van der Waals surface area contributed by atoms with Crippen LogP contribution in [0.4, 0.5) is 0 Å². The third-order valence-corrected chi connectivity index (χ3v) is 4.05. The van der Waals surface area contributed by atoms with E-state index in [0.29, 0.717) is 25.0 Å². The summed E-state index contributed by atoms with van der Waals surface area (Å²) in [6, 6.07) is 0. The lowest BCUT2D eigenvalue weighted by Gasteiger charge is -2.27. The van der Waals surface area contributed by atoms with Gasteiger partial charge in [0.2, 0.25) is 5.91 Å². The van der Waals surface area contributed by atoms with Crippen molar-refractivity contribution in [2.45, 2.75) is 53.1 Å². The van der Waals surface area contributed by atoms with Crippen molar-refractivity contribution in [2.75, 3.05) is 26.2 Å². The second kappa shape index (κ2) is 7.85. The Kier molecular flexibility index (Phi) is 6.80. The monoisotopic (exact) mass is 270 g/mol. The second-order valence-corrected chi connectivity index (χ2v) is 6.64. The smallest absolute Gasteiger partial charge is 0.222 e. The third kappa shape index (κ3) is 6.92. The van der Waals surface area contributed by atoms with Crippen molar-refractivity contribution < 1.29 is 9.53 Å². The van der Waals surface area contributed by atoms with Gasteiger partial charge in [0, 0.05) is 13.0 Å². The van der Waals surface area contributed by atoms with Crippen LogP contribution < -0.4 is 10.6 Å². The molecule has 4 heteroatoms. The number of ether oxygens (including phenoxy) is 1. The van der Waals surface area contributed by atoms with E-state index in [-0.39, 0.29) is 11.3 Å². The average Bonchev–Trinajstić information content (AvgIpc) is 2.36. The van der Waals surface area contributed by atoms with E-state index in [9.17, 15) is 4.79 Å². The Bertz CT molecular complexity index is 268. The molecule has 4 nitrogen and oxygen atoms in total. The fourth-order valence-corrected chi connectivity index (χ4v) is 1.94. The van der Waals surface area contributed by atoms with Crippen molar-refractivity contribution in [1.82, 2.24) is 10.6 Å². The maximum atomic E-state index is 11.7. The summed E-state index contributed by atoms with van der Waals surface area (Å²) in [5.74, 6) is 0.576. The summed E-state index contributed by atoms with van der Waals surface area (Å²) in [6.07, 6.45) is 2.93. The Hall–Kier alpha value is -0.610. The molecule has 0 aromatic carbocycles. The number of rotatable bonds is 6. The van der Waals surface area contributed by atoms with Gasteiger partial charge in [-0.15, -0.1) is 0 Å². The molecule has 0 aromatic rings. The molecular formula is C15H30N2O2. The zero-order valence-electron chi connectivity index (χ0n) is 12.9. The van der Waals surface area contributed by atoms with Gasteiger partial charge in [-0.2, -0.15) is 0 Å². The summed E-state index contributed by atoms with van der Waals surface area (Å²) in [7, 11) is 0.